The lowest BCUT2D eigenvalue weighted by Crippen LogP contribution is -2.13. The summed E-state index contributed by atoms with van der Waals surface area (Å²) in [6.45, 7) is 5.23. The van der Waals surface area contributed by atoms with E-state index < -0.39 is 0 Å². The predicted molar refractivity (Wildman–Crippen MR) is 48.8 cm³/mol. The van der Waals surface area contributed by atoms with Crippen LogP contribution in [0.15, 0.2) is 12.5 Å². The molecule has 0 aliphatic rings. The Balaban J connectivity index is 2.64. The molecule has 1 rings (SSSR count). The maximum absolute atomic E-state index is 10.6. The molecule has 1 atom stereocenters. The summed E-state index contributed by atoms with van der Waals surface area (Å²) >= 11 is 0. The largest absolute Gasteiger partial charge is 0.380 e. The Morgan fingerprint density at radius 3 is 3.15 bits per heavy atom. The first-order valence-corrected chi connectivity index (χ1v) is 4.34. The van der Waals surface area contributed by atoms with Crippen molar-refractivity contribution in [3.05, 3.63) is 18.2 Å². The third-order valence-corrected chi connectivity index (χ3v) is 1.85. The number of imidazole rings is 1. The molecule has 0 aromatic carbocycles. The van der Waals surface area contributed by atoms with E-state index in [2.05, 4.69) is 4.98 Å². The third kappa shape index (κ3) is 2.39. The number of aldehydes is 1. The molecule has 13 heavy (non-hydrogen) atoms. The number of hydrogen-bond donors (Lipinski definition) is 0. The number of rotatable bonds is 5. The van der Waals surface area contributed by atoms with E-state index >= 15 is 0 Å². The molecule has 1 heterocycles. The fraction of sp³-hybridized carbons (Fsp3) is 0.556. The fourth-order valence-corrected chi connectivity index (χ4v) is 1.14. The van der Waals surface area contributed by atoms with Crippen LogP contribution in [0.2, 0.25) is 0 Å². The van der Waals surface area contributed by atoms with Crippen molar-refractivity contribution in [3.8, 4) is 0 Å². The molecule has 1 unspecified atom stereocenters. The van der Waals surface area contributed by atoms with E-state index in [1.165, 1.54) is 0 Å². The third-order valence-electron chi connectivity index (χ3n) is 1.85. The predicted octanol–water partition coefficient (Wildman–Crippen LogP) is 1.29. The van der Waals surface area contributed by atoms with Gasteiger partial charge in [0.1, 0.15) is 5.69 Å². The Kier molecular flexibility index (Phi) is 3.64. The second-order valence-corrected chi connectivity index (χ2v) is 2.85. The molecule has 4 heteroatoms. The molecule has 0 spiro atoms. The second kappa shape index (κ2) is 4.77. The van der Waals surface area contributed by atoms with Gasteiger partial charge < -0.3 is 9.30 Å². The van der Waals surface area contributed by atoms with Gasteiger partial charge in [-0.25, -0.2) is 4.98 Å². The van der Waals surface area contributed by atoms with Crippen molar-refractivity contribution in [2.45, 2.75) is 19.9 Å². The topological polar surface area (TPSA) is 44.1 Å². The minimum absolute atomic E-state index is 0.155. The molecule has 1 aromatic rings. The maximum atomic E-state index is 10.6. The van der Waals surface area contributed by atoms with Crippen LogP contribution in [0.25, 0.3) is 0 Å². The van der Waals surface area contributed by atoms with Gasteiger partial charge in [0.15, 0.2) is 6.29 Å². The molecular formula is C9H14N2O2. The van der Waals surface area contributed by atoms with Gasteiger partial charge in [-0.05, 0) is 13.8 Å². The zero-order valence-corrected chi connectivity index (χ0v) is 7.93. The lowest BCUT2D eigenvalue weighted by atomic mass is 10.3. The highest BCUT2D eigenvalue weighted by atomic mass is 16.5. The average Bonchev–Trinajstić information content (AvgIpc) is 2.61. The summed E-state index contributed by atoms with van der Waals surface area (Å²) in [7, 11) is 0. The van der Waals surface area contributed by atoms with Gasteiger partial charge in [-0.15, -0.1) is 0 Å². The Morgan fingerprint density at radius 1 is 1.77 bits per heavy atom. The van der Waals surface area contributed by atoms with E-state index in [1.807, 2.05) is 18.4 Å². The van der Waals surface area contributed by atoms with Crippen LogP contribution in [-0.2, 0) is 4.74 Å². The van der Waals surface area contributed by atoms with Crippen molar-refractivity contribution in [2.75, 3.05) is 13.2 Å². The first-order chi connectivity index (χ1) is 6.29. The van der Waals surface area contributed by atoms with Crippen molar-refractivity contribution in [2.24, 2.45) is 0 Å². The van der Waals surface area contributed by atoms with E-state index in [0.29, 0.717) is 18.9 Å². The molecular weight excluding hydrogens is 168 g/mol. The highest BCUT2D eigenvalue weighted by Gasteiger charge is 2.07. The van der Waals surface area contributed by atoms with Gasteiger partial charge >= 0.3 is 0 Å². The summed E-state index contributed by atoms with van der Waals surface area (Å²) in [5, 5.41) is 0. The van der Waals surface area contributed by atoms with E-state index in [1.54, 1.807) is 12.5 Å². The highest BCUT2D eigenvalue weighted by molar-refractivity contribution is 5.71. The Morgan fingerprint density at radius 2 is 2.54 bits per heavy atom. The van der Waals surface area contributed by atoms with Gasteiger partial charge in [-0.3, -0.25) is 4.79 Å². The van der Waals surface area contributed by atoms with Crippen LogP contribution < -0.4 is 0 Å². The van der Waals surface area contributed by atoms with E-state index in [-0.39, 0.29) is 6.04 Å². The molecule has 0 N–H and O–H groups in total. The summed E-state index contributed by atoms with van der Waals surface area (Å²) in [5.41, 5.74) is 0.590. The lowest BCUT2D eigenvalue weighted by molar-refractivity contribution is 0.108. The van der Waals surface area contributed by atoms with Crippen molar-refractivity contribution >= 4 is 6.29 Å². The number of hydrogen-bond acceptors (Lipinski definition) is 3. The first-order valence-electron chi connectivity index (χ1n) is 4.34. The van der Waals surface area contributed by atoms with Crippen LogP contribution in [0.1, 0.15) is 30.4 Å². The zero-order chi connectivity index (χ0) is 9.68. The molecule has 72 valence electrons. The van der Waals surface area contributed by atoms with Crippen LogP contribution >= 0.6 is 0 Å². The van der Waals surface area contributed by atoms with Crippen molar-refractivity contribution < 1.29 is 9.53 Å². The normalized spacial score (nSPS) is 12.8. The van der Waals surface area contributed by atoms with Gasteiger partial charge in [0.2, 0.25) is 0 Å². The minimum atomic E-state index is 0.155. The van der Waals surface area contributed by atoms with Crippen LogP contribution in [0.4, 0.5) is 0 Å². The van der Waals surface area contributed by atoms with E-state index in [9.17, 15) is 4.79 Å². The summed E-state index contributed by atoms with van der Waals surface area (Å²) < 4.78 is 7.06. The van der Waals surface area contributed by atoms with Crippen molar-refractivity contribution in [1.29, 1.82) is 0 Å². The Labute approximate surface area is 77.5 Å². The summed E-state index contributed by atoms with van der Waals surface area (Å²) in [6, 6.07) is 0.155. The monoisotopic (exact) mass is 182 g/mol. The van der Waals surface area contributed by atoms with Crippen LogP contribution in [0, 0.1) is 0 Å². The van der Waals surface area contributed by atoms with Crippen LogP contribution in [-0.4, -0.2) is 29.1 Å². The standard InChI is InChI=1S/C9H14N2O2/c1-3-13-6-8(2)11-7-10-4-9(11)5-12/h4-5,7-8H,3,6H2,1-2H3. The molecule has 0 fully saturated rings. The molecule has 0 radical (unpaired) electrons. The van der Waals surface area contributed by atoms with E-state index in [0.717, 1.165) is 6.29 Å². The number of ether oxygens (including phenoxy) is 1. The summed E-state index contributed by atoms with van der Waals surface area (Å²) in [4.78, 5) is 14.5. The molecule has 0 amide bonds. The summed E-state index contributed by atoms with van der Waals surface area (Å²) in [5.74, 6) is 0. The Bertz CT molecular complexity index is 270. The number of carbonyl (C=O) groups is 1. The van der Waals surface area contributed by atoms with Crippen molar-refractivity contribution in [1.82, 2.24) is 9.55 Å². The van der Waals surface area contributed by atoms with E-state index in [4.69, 9.17) is 4.74 Å². The quantitative estimate of drug-likeness (QED) is 0.644. The van der Waals surface area contributed by atoms with Gasteiger partial charge in [-0.2, -0.15) is 0 Å². The molecule has 0 bridgehead atoms. The van der Waals surface area contributed by atoms with Gasteiger partial charge in [0.05, 0.1) is 25.2 Å². The maximum Gasteiger partial charge on any atom is 0.168 e. The zero-order valence-electron chi connectivity index (χ0n) is 7.93. The molecule has 0 saturated heterocycles. The molecule has 0 saturated carbocycles. The fourth-order valence-electron chi connectivity index (χ4n) is 1.14. The highest BCUT2D eigenvalue weighted by Crippen LogP contribution is 2.08. The molecule has 0 aliphatic heterocycles. The number of aromatic nitrogens is 2. The van der Waals surface area contributed by atoms with Gasteiger partial charge in [0.25, 0.3) is 0 Å². The summed E-state index contributed by atoms with van der Waals surface area (Å²) in [6.07, 6.45) is 4.00. The Hall–Kier alpha value is -1.16. The smallest absolute Gasteiger partial charge is 0.168 e. The second-order valence-electron chi connectivity index (χ2n) is 2.85. The number of carbonyl (C=O) groups excluding carboxylic acids is 1. The molecule has 4 nitrogen and oxygen atoms in total. The average molecular weight is 182 g/mol. The van der Waals surface area contributed by atoms with Crippen LogP contribution in [0.5, 0.6) is 0 Å². The van der Waals surface area contributed by atoms with Crippen LogP contribution in [0.3, 0.4) is 0 Å². The first kappa shape index (κ1) is 9.92. The van der Waals surface area contributed by atoms with Gasteiger partial charge in [0, 0.05) is 6.61 Å². The molecule has 0 aliphatic carbocycles. The minimum Gasteiger partial charge on any atom is -0.380 e. The number of nitrogens with zero attached hydrogens (tertiary/aromatic N) is 2. The van der Waals surface area contributed by atoms with Gasteiger partial charge in [-0.1, -0.05) is 0 Å². The molecule has 1 aromatic heterocycles. The van der Waals surface area contributed by atoms with Crippen molar-refractivity contribution in [3.63, 3.8) is 0 Å². The SMILES string of the molecule is CCOCC(C)n1cncc1C=O. The lowest BCUT2D eigenvalue weighted by Gasteiger charge is -2.13.